The van der Waals surface area contributed by atoms with Crippen LogP contribution >= 0.6 is 35.0 Å². The Hall–Kier alpha value is -1.76. The van der Waals surface area contributed by atoms with Crippen molar-refractivity contribution in [3.8, 4) is 0 Å². The van der Waals surface area contributed by atoms with E-state index in [0.29, 0.717) is 38.4 Å². The molecule has 0 saturated heterocycles. The summed E-state index contributed by atoms with van der Waals surface area (Å²) in [5.74, 6) is -0.0944. The fourth-order valence-electron chi connectivity index (χ4n) is 2.29. The highest BCUT2D eigenvalue weighted by Gasteiger charge is 2.23. The number of rotatable bonds is 3. The van der Waals surface area contributed by atoms with Crippen LogP contribution in [0.5, 0.6) is 0 Å². The van der Waals surface area contributed by atoms with Crippen LogP contribution in [0.15, 0.2) is 40.1 Å². The molecule has 5 nitrogen and oxygen atoms in total. The summed E-state index contributed by atoms with van der Waals surface area (Å²) in [7, 11) is 0. The lowest BCUT2D eigenvalue weighted by molar-refractivity contribution is -0.387. The van der Waals surface area contributed by atoms with Gasteiger partial charge in [-0.2, -0.15) is 0 Å². The monoisotopic (exact) mass is 368 g/mol. The number of carbonyl (C=O) groups is 1. The third-order valence-electron chi connectivity index (χ3n) is 3.39. The summed E-state index contributed by atoms with van der Waals surface area (Å²) in [6, 6.07) is 8.06. The van der Waals surface area contributed by atoms with Crippen molar-refractivity contribution in [1.29, 1.82) is 0 Å². The first kappa shape index (κ1) is 16.1. The normalized spacial score (nSPS) is 13.4. The van der Waals surface area contributed by atoms with Gasteiger partial charge in [-0.15, -0.1) is 0 Å². The summed E-state index contributed by atoms with van der Waals surface area (Å²) in [5.41, 5.74) is 1.35. The first-order chi connectivity index (χ1) is 10.9. The lowest BCUT2D eigenvalue weighted by Crippen LogP contribution is -2.19. The highest BCUT2D eigenvalue weighted by molar-refractivity contribution is 7.99. The highest BCUT2D eigenvalue weighted by atomic mass is 35.5. The number of nitro groups is 1. The van der Waals surface area contributed by atoms with Crippen molar-refractivity contribution in [1.82, 2.24) is 0 Å². The van der Waals surface area contributed by atoms with Gasteiger partial charge in [0, 0.05) is 28.1 Å². The smallest absolute Gasteiger partial charge is 0.283 e. The van der Waals surface area contributed by atoms with Crippen LogP contribution in [0.25, 0.3) is 0 Å². The van der Waals surface area contributed by atoms with E-state index in [1.807, 2.05) is 0 Å². The van der Waals surface area contributed by atoms with E-state index < -0.39 is 4.92 Å². The van der Waals surface area contributed by atoms with Gasteiger partial charge in [0.2, 0.25) is 5.91 Å². The van der Waals surface area contributed by atoms with Gasteiger partial charge in [-0.25, -0.2) is 0 Å². The number of hydrogen-bond acceptors (Lipinski definition) is 4. The number of benzene rings is 2. The Morgan fingerprint density at radius 2 is 1.91 bits per heavy atom. The van der Waals surface area contributed by atoms with E-state index in [9.17, 15) is 14.9 Å². The number of halogens is 2. The van der Waals surface area contributed by atoms with Crippen molar-refractivity contribution in [3.05, 3.63) is 56.1 Å². The van der Waals surface area contributed by atoms with Gasteiger partial charge in [0.1, 0.15) is 0 Å². The third-order valence-corrected chi connectivity index (χ3v) is 5.17. The third kappa shape index (κ3) is 3.44. The van der Waals surface area contributed by atoms with Crippen LogP contribution in [-0.2, 0) is 11.2 Å². The van der Waals surface area contributed by atoms with E-state index >= 15 is 0 Å². The molecule has 1 heterocycles. The van der Waals surface area contributed by atoms with Gasteiger partial charge in [-0.1, -0.05) is 35.0 Å². The molecule has 3 rings (SSSR count). The number of fused-ring (bicyclic) bond motifs is 1. The predicted molar refractivity (Wildman–Crippen MR) is 90.6 cm³/mol. The van der Waals surface area contributed by atoms with Crippen LogP contribution in [0.2, 0.25) is 10.0 Å². The Kier molecular flexibility index (Phi) is 4.48. The molecule has 0 fully saturated rings. The second-order valence-electron chi connectivity index (χ2n) is 4.96. The Morgan fingerprint density at radius 1 is 1.13 bits per heavy atom. The van der Waals surface area contributed by atoms with Gasteiger partial charge >= 0.3 is 0 Å². The molecule has 1 aliphatic rings. The van der Waals surface area contributed by atoms with E-state index in [2.05, 4.69) is 5.32 Å². The van der Waals surface area contributed by atoms with Gasteiger partial charge in [0.05, 0.1) is 14.8 Å². The first-order valence-corrected chi connectivity index (χ1v) is 8.25. The zero-order valence-electron chi connectivity index (χ0n) is 11.6. The maximum absolute atomic E-state index is 11.5. The van der Waals surface area contributed by atoms with Crippen LogP contribution in [0, 0.1) is 10.1 Å². The number of aryl methyl sites for hydroxylation is 1. The molecule has 0 aliphatic carbocycles. The minimum Gasteiger partial charge on any atom is -0.326 e. The zero-order valence-corrected chi connectivity index (χ0v) is 14.0. The maximum atomic E-state index is 11.5. The molecule has 0 spiro atoms. The van der Waals surface area contributed by atoms with E-state index in [1.54, 1.807) is 24.3 Å². The molecule has 2 aromatic carbocycles. The summed E-state index contributed by atoms with van der Waals surface area (Å²) in [4.78, 5) is 23.5. The van der Waals surface area contributed by atoms with Gasteiger partial charge in [0.15, 0.2) is 0 Å². The summed E-state index contributed by atoms with van der Waals surface area (Å²) in [6.07, 6.45) is 0.821. The minimum absolute atomic E-state index is 0.0130. The fourth-order valence-corrected chi connectivity index (χ4v) is 3.77. The van der Waals surface area contributed by atoms with Gasteiger partial charge in [-0.05, 0) is 36.2 Å². The fraction of sp³-hybridized carbons (Fsp3) is 0.133. The van der Waals surface area contributed by atoms with E-state index in [-0.39, 0.29) is 11.6 Å². The second kappa shape index (κ2) is 6.39. The molecule has 118 valence electrons. The van der Waals surface area contributed by atoms with Gasteiger partial charge in [-0.3, -0.25) is 14.9 Å². The highest BCUT2D eigenvalue weighted by Crippen LogP contribution is 2.42. The van der Waals surface area contributed by atoms with Crippen LogP contribution in [0.1, 0.15) is 12.0 Å². The quantitative estimate of drug-likeness (QED) is 0.615. The van der Waals surface area contributed by atoms with Gasteiger partial charge in [0.25, 0.3) is 5.69 Å². The molecular weight excluding hydrogens is 359 g/mol. The van der Waals surface area contributed by atoms with Crippen molar-refractivity contribution < 1.29 is 9.72 Å². The maximum Gasteiger partial charge on any atom is 0.283 e. The number of nitrogens with zero attached hydrogens (tertiary/aromatic N) is 1. The Bertz CT molecular complexity index is 827. The number of nitro benzene ring substituents is 1. The Balaban J connectivity index is 2.06. The molecule has 2 aromatic rings. The van der Waals surface area contributed by atoms with E-state index in [4.69, 9.17) is 23.2 Å². The number of hydrogen-bond donors (Lipinski definition) is 1. The molecule has 1 N–H and O–H groups in total. The van der Waals surface area contributed by atoms with Crippen molar-refractivity contribution in [2.45, 2.75) is 22.6 Å². The average Bonchev–Trinajstić information content (AvgIpc) is 2.50. The lowest BCUT2D eigenvalue weighted by Gasteiger charge is -2.17. The van der Waals surface area contributed by atoms with Gasteiger partial charge < -0.3 is 5.32 Å². The molecular formula is C15H10Cl2N2O3S. The van der Waals surface area contributed by atoms with Crippen LogP contribution < -0.4 is 5.32 Å². The lowest BCUT2D eigenvalue weighted by atomic mass is 10.0. The number of carbonyl (C=O) groups excluding carboxylic acids is 1. The summed E-state index contributed by atoms with van der Waals surface area (Å²) < 4.78 is 0. The largest absolute Gasteiger partial charge is 0.326 e. The minimum atomic E-state index is -0.433. The van der Waals surface area contributed by atoms with E-state index in [0.717, 1.165) is 17.3 Å². The van der Waals surface area contributed by atoms with Crippen LogP contribution in [0.4, 0.5) is 11.4 Å². The molecule has 8 heteroatoms. The standard InChI is InChI=1S/C15H10Cl2N2O3S/c16-9-2-3-10(17)13(6-9)23-14-7-11-8(1-4-15(20)18-11)5-12(14)19(21)22/h2-3,5-7H,1,4H2,(H,18,20). The Labute approximate surface area is 146 Å². The topological polar surface area (TPSA) is 72.2 Å². The van der Waals surface area contributed by atoms with E-state index in [1.165, 1.54) is 6.07 Å². The summed E-state index contributed by atoms with van der Waals surface area (Å²) in [6.45, 7) is 0. The van der Waals surface area contributed by atoms with Crippen molar-refractivity contribution in [3.63, 3.8) is 0 Å². The molecule has 0 atom stereocenters. The van der Waals surface area contributed by atoms with Crippen molar-refractivity contribution in [2.24, 2.45) is 0 Å². The molecule has 0 radical (unpaired) electrons. The number of anilines is 1. The molecule has 0 aromatic heterocycles. The summed E-state index contributed by atoms with van der Waals surface area (Å²) in [5, 5.41) is 15.0. The first-order valence-electron chi connectivity index (χ1n) is 6.68. The molecule has 0 bridgehead atoms. The molecule has 1 aliphatic heterocycles. The van der Waals surface area contributed by atoms with Crippen LogP contribution in [-0.4, -0.2) is 10.8 Å². The number of amides is 1. The predicted octanol–water partition coefficient (Wildman–Crippen LogP) is 4.94. The van der Waals surface area contributed by atoms with Crippen molar-refractivity contribution >= 4 is 52.2 Å². The van der Waals surface area contributed by atoms with Crippen molar-refractivity contribution in [2.75, 3.05) is 5.32 Å². The average molecular weight is 369 g/mol. The molecule has 0 saturated carbocycles. The molecule has 0 unspecified atom stereocenters. The SMILES string of the molecule is O=C1CCc2cc([N+](=O)[O-])c(Sc3cc(Cl)ccc3Cl)cc2N1. The molecule has 23 heavy (non-hydrogen) atoms. The van der Waals surface area contributed by atoms with Crippen LogP contribution in [0.3, 0.4) is 0 Å². The Morgan fingerprint density at radius 3 is 2.65 bits per heavy atom. The molecule has 1 amide bonds. The number of nitrogens with one attached hydrogen (secondary N) is 1. The zero-order chi connectivity index (χ0) is 16.6. The second-order valence-corrected chi connectivity index (χ2v) is 6.89. The summed E-state index contributed by atoms with van der Waals surface area (Å²) >= 11 is 13.2.